The SMILES string of the molecule is CCc1ccc(CC)c(C(=O)Cc2ccc(F)c(F)c2)c1. The molecule has 0 N–H and O–H groups in total. The number of carbonyl (C=O) groups is 1. The van der Waals surface area contributed by atoms with Crippen molar-refractivity contribution in [3.8, 4) is 0 Å². The van der Waals surface area contributed by atoms with E-state index in [4.69, 9.17) is 0 Å². The number of carbonyl (C=O) groups excluding carboxylic acids is 1. The summed E-state index contributed by atoms with van der Waals surface area (Å²) in [5.74, 6) is -1.88. The van der Waals surface area contributed by atoms with Gasteiger partial charge in [-0.05, 0) is 47.7 Å². The lowest BCUT2D eigenvalue weighted by molar-refractivity contribution is 0.0992. The van der Waals surface area contributed by atoms with Crippen LogP contribution in [0.1, 0.15) is 40.9 Å². The van der Waals surface area contributed by atoms with E-state index in [0.717, 1.165) is 36.1 Å². The smallest absolute Gasteiger partial charge is 0.167 e. The normalized spacial score (nSPS) is 10.7. The predicted molar refractivity (Wildman–Crippen MR) is 79.6 cm³/mol. The van der Waals surface area contributed by atoms with Gasteiger partial charge in [-0.25, -0.2) is 8.78 Å². The van der Waals surface area contributed by atoms with Gasteiger partial charge in [0.15, 0.2) is 17.4 Å². The van der Waals surface area contributed by atoms with Gasteiger partial charge in [0.25, 0.3) is 0 Å². The first kappa shape index (κ1) is 15.4. The van der Waals surface area contributed by atoms with E-state index in [1.165, 1.54) is 6.07 Å². The van der Waals surface area contributed by atoms with Crippen LogP contribution < -0.4 is 0 Å². The highest BCUT2D eigenvalue weighted by molar-refractivity contribution is 5.99. The van der Waals surface area contributed by atoms with E-state index >= 15 is 0 Å². The van der Waals surface area contributed by atoms with Gasteiger partial charge >= 0.3 is 0 Å². The molecule has 0 saturated heterocycles. The van der Waals surface area contributed by atoms with Crippen molar-refractivity contribution in [3.63, 3.8) is 0 Å². The molecule has 21 heavy (non-hydrogen) atoms. The third kappa shape index (κ3) is 3.54. The average molecular weight is 288 g/mol. The maximum Gasteiger partial charge on any atom is 0.167 e. The lowest BCUT2D eigenvalue weighted by atomic mass is 9.94. The van der Waals surface area contributed by atoms with Crippen LogP contribution in [0.25, 0.3) is 0 Å². The molecule has 0 amide bonds. The second-order valence-electron chi connectivity index (χ2n) is 5.05. The minimum Gasteiger partial charge on any atom is -0.294 e. The maximum atomic E-state index is 13.2. The van der Waals surface area contributed by atoms with Crippen molar-refractivity contribution in [2.45, 2.75) is 33.1 Å². The Hall–Kier alpha value is -2.03. The number of hydrogen-bond donors (Lipinski definition) is 0. The summed E-state index contributed by atoms with van der Waals surface area (Å²) < 4.78 is 26.1. The van der Waals surface area contributed by atoms with Crippen LogP contribution in [-0.4, -0.2) is 5.78 Å². The van der Waals surface area contributed by atoms with Gasteiger partial charge in [0.2, 0.25) is 0 Å². The Balaban J connectivity index is 2.28. The Labute approximate surface area is 123 Å². The van der Waals surface area contributed by atoms with Crippen LogP contribution in [0.3, 0.4) is 0 Å². The van der Waals surface area contributed by atoms with Crippen LogP contribution >= 0.6 is 0 Å². The molecule has 2 rings (SSSR count). The predicted octanol–water partition coefficient (Wildman–Crippen LogP) is 4.52. The van der Waals surface area contributed by atoms with E-state index in [1.54, 1.807) is 0 Å². The lowest BCUT2D eigenvalue weighted by Crippen LogP contribution is -2.08. The fourth-order valence-electron chi connectivity index (χ4n) is 2.34. The summed E-state index contributed by atoms with van der Waals surface area (Å²) in [5.41, 5.74) is 3.25. The van der Waals surface area contributed by atoms with Gasteiger partial charge in [-0.15, -0.1) is 0 Å². The van der Waals surface area contributed by atoms with E-state index in [0.29, 0.717) is 11.1 Å². The molecule has 3 heteroatoms. The third-order valence-electron chi connectivity index (χ3n) is 3.61. The first-order valence-corrected chi connectivity index (χ1v) is 7.14. The summed E-state index contributed by atoms with van der Waals surface area (Å²) in [6, 6.07) is 9.49. The molecule has 0 fully saturated rings. The molecule has 0 radical (unpaired) electrons. The zero-order valence-corrected chi connectivity index (χ0v) is 12.2. The van der Waals surface area contributed by atoms with Crippen LogP contribution in [0.2, 0.25) is 0 Å². The fraction of sp³-hybridized carbons (Fsp3) is 0.278. The molecule has 0 spiro atoms. The van der Waals surface area contributed by atoms with Gasteiger partial charge in [-0.1, -0.05) is 32.0 Å². The van der Waals surface area contributed by atoms with Gasteiger partial charge in [-0.3, -0.25) is 4.79 Å². The van der Waals surface area contributed by atoms with Crippen molar-refractivity contribution in [2.24, 2.45) is 0 Å². The maximum absolute atomic E-state index is 13.2. The van der Waals surface area contributed by atoms with Gasteiger partial charge in [0.05, 0.1) is 0 Å². The summed E-state index contributed by atoms with van der Waals surface area (Å²) in [5, 5.41) is 0. The molecule has 1 nitrogen and oxygen atoms in total. The first-order valence-electron chi connectivity index (χ1n) is 7.14. The van der Waals surface area contributed by atoms with E-state index < -0.39 is 11.6 Å². The van der Waals surface area contributed by atoms with Gasteiger partial charge in [0.1, 0.15) is 0 Å². The monoisotopic (exact) mass is 288 g/mol. The number of rotatable bonds is 5. The van der Waals surface area contributed by atoms with Crippen LogP contribution in [-0.2, 0) is 19.3 Å². The fourth-order valence-corrected chi connectivity index (χ4v) is 2.34. The summed E-state index contributed by atoms with van der Waals surface area (Å²) in [7, 11) is 0. The molecule has 110 valence electrons. The molecule has 0 aliphatic carbocycles. The highest BCUT2D eigenvalue weighted by atomic mass is 19.2. The first-order chi connectivity index (χ1) is 10.0. The highest BCUT2D eigenvalue weighted by Gasteiger charge is 2.13. The number of halogens is 2. The molecule has 0 bridgehead atoms. The molecule has 2 aromatic rings. The van der Waals surface area contributed by atoms with Crippen molar-refractivity contribution < 1.29 is 13.6 Å². The molecule has 0 heterocycles. The van der Waals surface area contributed by atoms with Crippen molar-refractivity contribution in [1.29, 1.82) is 0 Å². The largest absolute Gasteiger partial charge is 0.294 e. The topological polar surface area (TPSA) is 17.1 Å². The zero-order valence-electron chi connectivity index (χ0n) is 12.2. The second kappa shape index (κ2) is 6.61. The number of hydrogen-bond acceptors (Lipinski definition) is 1. The van der Waals surface area contributed by atoms with Gasteiger partial charge < -0.3 is 0 Å². The molecular formula is C18H18F2O. The van der Waals surface area contributed by atoms with Crippen molar-refractivity contribution in [3.05, 3.63) is 70.3 Å². The Bertz CT molecular complexity index is 662. The Morgan fingerprint density at radius 2 is 1.62 bits per heavy atom. The lowest BCUT2D eigenvalue weighted by Gasteiger charge is -2.09. The molecular weight excluding hydrogens is 270 g/mol. The van der Waals surface area contributed by atoms with Crippen LogP contribution in [0, 0.1) is 11.6 Å². The number of benzene rings is 2. The van der Waals surface area contributed by atoms with E-state index in [2.05, 4.69) is 0 Å². The van der Waals surface area contributed by atoms with E-state index in [9.17, 15) is 13.6 Å². The minimum atomic E-state index is -0.918. The summed E-state index contributed by atoms with van der Waals surface area (Å²) in [4.78, 5) is 12.4. The van der Waals surface area contributed by atoms with Crippen molar-refractivity contribution in [1.82, 2.24) is 0 Å². The van der Waals surface area contributed by atoms with Crippen LogP contribution in [0.4, 0.5) is 8.78 Å². The molecule has 0 aliphatic heterocycles. The van der Waals surface area contributed by atoms with Crippen molar-refractivity contribution >= 4 is 5.78 Å². The molecule has 0 unspecified atom stereocenters. The van der Waals surface area contributed by atoms with Crippen molar-refractivity contribution in [2.75, 3.05) is 0 Å². The Kier molecular flexibility index (Phi) is 4.84. The van der Waals surface area contributed by atoms with Gasteiger partial charge in [-0.2, -0.15) is 0 Å². The van der Waals surface area contributed by atoms with Crippen LogP contribution in [0.5, 0.6) is 0 Å². The third-order valence-corrected chi connectivity index (χ3v) is 3.61. The average Bonchev–Trinajstić information content (AvgIpc) is 2.50. The molecule has 0 atom stereocenters. The summed E-state index contributed by atoms with van der Waals surface area (Å²) >= 11 is 0. The van der Waals surface area contributed by atoms with E-state index in [1.807, 2.05) is 32.0 Å². The summed E-state index contributed by atoms with van der Waals surface area (Å²) in [6.07, 6.45) is 1.70. The molecule has 0 aromatic heterocycles. The zero-order chi connectivity index (χ0) is 15.4. The van der Waals surface area contributed by atoms with Crippen LogP contribution in [0.15, 0.2) is 36.4 Å². The Morgan fingerprint density at radius 3 is 2.24 bits per heavy atom. The number of ketones is 1. The minimum absolute atomic E-state index is 0.0619. The Morgan fingerprint density at radius 1 is 0.905 bits per heavy atom. The standard InChI is InChI=1S/C18H18F2O/c1-3-12-5-7-14(4-2)15(9-12)18(21)11-13-6-8-16(19)17(20)10-13/h5-10H,3-4,11H2,1-2H3. The number of Topliss-reactive ketones (excluding diaryl/α,β-unsaturated/α-hetero) is 1. The molecule has 2 aromatic carbocycles. The second-order valence-corrected chi connectivity index (χ2v) is 5.05. The highest BCUT2D eigenvalue weighted by Crippen LogP contribution is 2.17. The summed E-state index contributed by atoms with van der Waals surface area (Å²) in [6.45, 7) is 4.03. The molecule has 0 saturated carbocycles. The van der Waals surface area contributed by atoms with E-state index in [-0.39, 0.29) is 12.2 Å². The number of aryl methyl sites for hydroxylation is 2. The van der Waals surface area contributed by atoms with Gasteiger partial charge in [0, 0.05) is 12.0 Å². The molecule has 0 aliphatic rings. The quantitative estimate of drug-likeness (QED) is 0.740.